The lowest BCUT2D eigenvalue weighted by molar-refractivity contribution is -0.142. The van der Waals surface area contributed by atoms with Crippen molar-refractivity contribution in [2.24, 2.45) is 0 Å². The highest BCUT2D eigenvalue weighted by atomic mass is 35.5. The van der Waals surface area contributed by atoms with Gasteiger partial charge in [0.05, 0.1) is 11.9 Å². The summed E-state index contributed by atoms with van der Waals surface area (Å²) in [6, 6.07) is 7.85. The van der Waals surface area contributed by atoms with Crippen molar-refractivity contribution < 1.29 is 17.6 Å². The van der Waals surface area contributed by atoms with E-state index in [2.05, 4.69) is 10.1 Å². The van der Waals surface area contributed by atoms with Crippen molar-refractivity contribution in [1.82, 2.24) is 14.8 Å². The lowest BCUT2D eigenvalue weighted by atomic mass is 10.0. The second-order valence-corrected chi connectivity index (χ2v) is 6.55. The summed E-state index contributed by atoms with van der Waals surface area (Å²) in [5, 5.41) is 4.00. The number of rotatable bonds is 3. The van der Waals surface area contributed by atoms with Gasteiger partial charge in [-0.25, -0.2) is 14.1 Å². The molecule has 0 spiro atoms. The Labute approximate surface area is 151 Å². The van der Waals surface area contributed by atoms with Gasteiger partial charge in [0, 0.05) is 23.2 Å². The number of halogens is 5. The maximum atomic E-state index is 13.8. The molecule has 4 rings (SSSR count). The lowest BCUT2D eigenvalue weighted by Crippen LogP contribution is -2.14. The van der Waals surface area contributed by atoms with Crippen LogP contribution in [0.3, 0.4) is 0 Å². The van der Waals surface area contributed by atoms with Gasteiger partial charge in [0.1, 0.15) is 16.7 Å². The monoisotopic (exact) mass is 381 g/mol. The van der Waals surface area contributed by atoms with Gasteiger partial charge < -0.3 is 0 Å². The first-order valence-corrected chi connectivity index (χ1v) is 8.30. The molecular weight excluding hydrogens is 370 g/mol. The van der Waals surface area contributed by atoms with Gasteiger partial charge in [-0.15, -0.1) is 0 Å². The maximum absolute atomic E-state index is 13.8. The number of pyridine rings is 1. The molecule has 1 aliphatic rings. The van der Waals surface area contributed by atoms with Crippen molar-refractivity contribution in [3.8, 4) is 16.8 Å². The molecule has 2 aromatic heterocycles. The predicted molar refractivity (Wildman–Crippen MR) is 88.7 cm³/mol. The predicted octanol–water partition coefficient (Wildman–Crippen LogP) is 5.62. The zero-order chi connectivity index (χ0) is 18.5. The smallest absolute Gasteiger partial charge is 0.241 e. The van der Waals surface area contributed by atoms with Gasteiger partial charge in [0.15, 0.2) is 0 Å². The summed E-state index contributed by atoms with van der Waals surface area (Å²) < 4.78 is 54.3. The summed E-state index contributed by atoms with van der Waals surface area (Å²) in [6.07, 6.45) is -1.58. The van der Waals surface area contributed by atoms with Gasteiger partial charge in [-0.05, 0) is 48.7 Å². The summed E-state index contributed by atoms with van der Waals surface area (Å²) in [4.78, 5) is 4.28. The van der Waals surface area contributed by atoms with Gasteiger partial charge in [-0.1, -0.05) is 11.6 Å². The van der Waals surface area contributed by atoms with Crippen LogP contribution in [-0.4, -0.2) is 14.8 Å². The minimum Gasteiger partial charge on any atom is -0.241 e. The highest BCUT2D eigenvalue weighted by molar-refractivity contribution is 6.29. The molecule has 0 bridgehead atoms. The Morgan fingerprint density at radius 3 is 2.54 bits per heavy atom. The zero-order valence-electron chi connectivity index (χ0n) is 13.3. The lowest BCUT2D eigenvalue weighted by Gasteiger charge is -2.15. The van der Waals surface area contributed by atoms with Crippen molar-refractivity contribution in [3.05, 3.63) is 65.0 Å². The molecule has 0 saturated heterocycles. The third-order valence-corrected chi connectivity index (χ3v) is 4.44. The number of hydrogen-bond donors (Lipinski definition) is 0. The second-order valence-electron chi connectivity index (χ2n) is 6.17. The summed E-state index contributed by atoms with van der Waals surface area (Å²) in [5.74, 6) is -0.346. The summed E-state index contributed by atoms with van der Waals surface area (Å²) in [5.41, 5.74) is 0.773. The first-order chi connectivity index (χ1) is 12.3. The van der Waals surface area contributed by atoms with E-state index < -0.39 is 17.7 Å². The van der Waals surface area contributed by atoms with E-state index in [9.17, 15) is 17.6 Å². The fraction of sp³-hybridized carbons (Fsp3) is 0.222. The Bertz CT molecular complexity index is 977. The van der Waals surface area contributed by atoms with Gasteiger partial charge in [-0.2, -0.15) is 18.3 Å². The summed E-state index contributed by atoms with van der Waals surface area (Å²) in [6.45, 7) is 0. The van der Waals surface area contributed by atoms with Crippen LogP contribution >= 0.6 is 11.6 Å². The molecular formula is C18H12ClF4N3. The van der Waals surface area contributed by atoms with Crippen LogP contribution in [0.1, 0.15) is 30.1 Å². The minimum atomic E-state index is -4.62. The standard InChI is InChI=1S/C18H12ClF4N3/c19-17-8-11(7-14(25-17)10-1-2-10)13-4-3-12(20)9-15(13)26-16(5-6-24-26)18(21,22)23/h3-10H,1-2H2. The largest absolute Gasteiger partial charge is 0.433 e. The molecule has 3 aromatic rings. The van der Waals surface area contributed by atoms with E-state index in [4.69, 9.17) is 11.6 Å². The quantitative estimate of drug-likeness (QED) is 0.435. The molecule has 1 aromatic carbocycles. The van der Waals surface area contributed by atoms with Crippen LogP contribution in [0.4, 0.5) is 17.6 Å². The average Bonchev–Trinajstić information content (AvgIpc) is 3.29. The SMILES string of the molecule is Fc1ccc(-c2cc(Cl)nc(C3CC3)c2)c(-n2nccc2C(F)(F)F)c1. The molecule has 0 atom stereocenters. The van der Waals surface area contributed by atoms with E-state index in [0.717, 1.165) is 36.9 Å². The van der Waals surface area contributed by atoms with Gasteiger partial charge in [0.25, 0.3) is 0 Å². The van der Waals surface area contributed by atoms with Crippen LogP contribution in [0, 0.1) is 5.82 Å². The van der Waals surface area contributed by atoms with Crippen molar-refractivity contribution in [2.45, 2.75) is 24.9 Å². The Balaban J connectivity index is 1.91. The third-order valence-electron chi connectivity index (χ3n) is 4.24. The molecule has 3 nitrogen and oxygen atoms in total. The van der Waals surface area contributed by atoms with Crippen molar-refractivity contribution in [3.63, 3.8) is 0 Å². The molecule has 0 amide bonds. The van der Waals surface area contributed by atoms with Gasteiger partial charge in [-0.3, -0.25) is 0 Å². The zero-order valence-corrected chi connectivity index (χ0v) is 14.0. The van der Waals surface area contributed by atoms with E-state index in [1.807, 2.05) is 0 Å². The third kappa shape index (κ3) is 3.19. The van der Waals surface area contributed by atoms with Crippen molar-refractivity contribution >= 4 is 11.6 Å². The van der Waals surface area contributed by atoms with Crippen LogP contribution < -0.4 is 0 Å². The number of benzene rings is 1. The highest BCUT2D eigenvalue weighted by Gasteiger charge is 2.35. The number of nitrogens with zero attached hydrogens (tertiary/aromatic N) is 3. The molecule has 26 heavy (non-hydrogen) atoms. The number of aromatic nitrogens is 3. The molecule has 0 radical (unpaired) electrons. The Morgan fingerprint density at radius 1 is 1.08 bits per heavy atom. The van der Waals surface area contributed by atoms with E-state index in [0.29, 0.717) is 21.7 Å². The molecule has 0 N–H and O–H groups in total. The van der Waals surface area contributed by atoms with E-state index in [1.54, 1.807) is 12.1 Å². The van der Waals surface area contributed by atoms with Crippen LogP contribution in [0.25, 0.3) is 16.8 Å². The Kier molecular flexibility index (Phi) is 3.99. The van der Waals surface area contributed by atoms with E-state index in [-0.39, 0.29) is 10.8 Å². The van der Waals surface area contributed by atoms with Gasteiger partial charge >= 0.3 is 6.18 Å². The van der Waals surface area contributed by atoms with Crippen LogP contribution in [0.2, 0.25) is 5.15 Å². The van der Waals surface area contributed by atoms with E-state index in [1.165, 1.54) is 12.1 Å². The molecule has 1 aliphatic carbocycles. The Morgan fingerprint density at radius 2 is 1.85 bits per heavy atom. The normalized spacial score (nSPS) is 14.7. The molecule has 0 unspecified atom stereocenters. The van der Waals surface area contributed by atoms with Crippen LogP contribution in [-0.2, 0) is 6.18 Å². The molecule has 134 valence electrons. The van der Waals surface area contributed by atoms with Crippen molar-refractivity contribution in [1.29, 1.82) is 0 Å². The minimum absolute atomic E-state index is 0.00802. The van der Waals surface area contributed by atoms with Crippen LogP contribution in [0.15, 0.2) is 42.6 Å². The summed E-state index contributed by atoms with van der Waals surface area (Å²) >= 11 is 6.10. The second kappa shape index (κ2) is 6.09. The number of alkyl halides is 3. The van der Waals surface area contributed by atoms with Crippen LogP contribution in [0.5, 0.6) is 0 Å². The molecule has 1 fully saturated rings. The molecule has 1 saturated carbocycles. The first-order valence-electron chi connectivity index (χ1n) is 7.92. The van der Waals surface area contributed by atoms with Gasteiger partial charge in [0.2, 0.25) is 0 Å². The fourth-order valence-corrected chi connectivity index (χ4v) is 3.11. The number of hydrogen-bond acceptors (Lipinski definition) is 2. The topological polar surface area (TPSA) is 30.7 Å². The maximum Gasteiger partial charge on any atom is 0.433 e. The molecule has 2 heterocycles. The van der Waals surface area contributed by atoms with E-state index >= 15 is 0 Å². The summed E-state index contributed by atoms with van der Waals surface area (Å²) in [7, 11) is 0. The fourth-order valence-electron chi connectivity index (χ4n) is 2.90. The molecule has 0 aliphatic heterocycles. The first kappa shape index (κ1) is 17.0. The average molecular weight is 382 g/mol. The molecule has 8 heteroatoms. The highest BCUT2D eigenvalue weighted by Crippen LogP contribution is 2.41. The Hall–Kier alpha value is -2.41. The van der Waals surface area contributed by atoms with Crippen molar-refractivity contribution in [2.75, 3.05) is 0 Å².